The first kappa shape index (κ1) is 18.3. The molecule has 0 amide bonds. The Morgan fingerprint density at radius 2 is 1.92 bits per heavy atom. The van der Waals surface area contributed by atoms with Crippen LogP contribution in [0.3, 0.4) is 0 Å². The maximum atomic E-state index is 5.40. The Balaban J connectivity index is 1.58. The van der Waals surface area contributed by atoms with Gasteiger partial charge in [0.25, 0.3) is 0 Å². The lowest BCUT2D eigenvalue weighted by Gasteiger charge is -2.20. The third kappa shape index (κ3) is 4.55. The zero-order chi connectivity index (χ0) is 18.0. The summed E-state index contributed by atoms with van der Waals surface area (Å²) in [7, 11) is 0. The van der Waals surface area contributed by atoms with E-state index in [2.05, 4.69) is 63.9 Å². The van der Waals surface area contributed by atoms with Gasteiger partial charge in [0.1, 0.15) is 5.82 Å². The molecule has 0 unspecified atom stereocenters. The number of anilines is 1. The highest BCUT2D eigenvalue weighted by Crippen LogP contribution is 2.23. The van der Waals surface area contributed by atoms with Crippen LogP contribution < -0.4 is 4.90 Å². The van der Waals surface area contributed by atoms with Crippen LogP contribution in [0.2, 0.25) is 0 Å². The summed E-state index contributed by atoms with van der Waals surface area (Å²) in [5.41, 5.74) is -0.104. The summed E-state index contributed by atoms with van der Waals surface area (Å²) in [4.78, 5) is 14.0. The van der Waals surface area contributed by atoms with Crippen LogP contribution in [0.1, 0.15) is 64.5 Å². The largest absolute Gasteiger partial charge is 0.346 e. The highest BCUT2D eigenvalue weighted by atomic mass is 32.1. The van der Waals surface area contributed by atoms with Gasteiger partial charge >= 0.3 is 0 Å². The fraction of sp³-hybridized carbons (Fsp3) is 0.765. The van der Waals surface area contributed by atoms with Gasteiger partial charge in [0, 0.05) is 49.0 Å². The molecule has 0 aromatic carbocycles. The summed E-state index contributed by atoms with van der Waals surface area (Å²) in [5.74, 6) is 2.80. The Labute approximate surface area is 153 Å². The molecule has 7 nitrogen and oxygen atoms in total. The van der Waals surface area contributed by atoms with E-state index in [1.807, 2.05) is 0 Å². The average molecular weight is 365 g/mol. The lowest BCUT2D eigenvalue weighted by atomic mass is 9.97. The first-order valence-electron chi connectivity index (χ1n) is 8.97. The van der Waals surface area contributed by atoms with Crippen LogP contribution in [0.5, 0.6) is 0 Å². The van der Waals surface area contributed by atoms with Crippen LogP contribution in [0, 0.1) is 0 Å². The smallest absolute Gasteiger partial charge is 0.232 e. The standard InChI is InChI=1S/C17H28N6OS/c1-12(2)14-19-16(25-21-14)23-8-6-7-22(9-10-23)11-13-18-15(24-20-13)17(3,4)5/h12H,6-11H2,1-5H3. The quantitative estimate of drug-likeness (QED) is 0.825. The number of rotatable bonds is 4. The number of hydrogen-bond donors (Lipinski definition) is 0. The van der Waals surface area contributed by atoms with E-state index in [1.54, 1.807) is 0 Å². The fourth-order valence-corrected chi connectivity index (χ4v) is 3.59. The fourth-order valence-electron chi connectivity index (χ4n) is 2.73. The van der Waals surface area contributed by atoms with Crippen LogP contribution in [0.15, 0.2) is 4.52 Å². The number of nitrogens with zero attached hydrogens (tertiary/aromatic N) is 6. The molecular formula is C17H28N6OS. The molecule has 1 aliphatic rings. The number of aromatic nitrogens is 4. The first-order valence-corrected chi connectivity index (χ1v) is 9.74. The van der Waals surface area contributed by atoms with Crippen molar-refractivity contribution in [3.8, 4) is 0 Å². The Bertz CT molecular complexity index is 689. The molecule has 8 heteroatoms. The molecule has 2 aromatic heterocycles. The van der Waals surface area contributed by atoms with Crippen molar-refractivity contribution < 1.29 is 4.52 Å². The van der Waals surface area contributed by atoms with Crippen molar-refractivity contribution in [2.75, 3.05) is 31.1 Å². The van der Waals surface area contributed by atoms with Gasteiger partial charge < -0.3 is 9.42 Å². The van der Waals surface area contributed by atoms with Gasteiger partial charge in [-0.2, -0.15) is 9.36 Å². The highest BCUT2D eigenvalue weighted by molar-refractivity contribution is 7.09. The zero-order valence-electron chi connectivity index (χ0n) is 15.8. The summed E-state index contributed by atoms with van der Waals surface area (Å²) in [6.45, 7) is 15.2. The Kier molecular flexibility index (Phi) is 5.38. The summed E-state index contributed by atoms with van der Waals surface area (Å²) in [6, 6.07) is 0. The Morgan fingerprint density at radius 1 is 1.12 bits per heavy atom. The van der Waals surface area contributed by atoms with Crippen LogP contribution >= 0.6 is 11.5 Å². The van der Waals surface area contributed by atoms with Crippen molar-refractivity contribution in [3.63, 3.8) is 0 Å². The van der Waals surface area contributed by atoms with Crippen molar-refractivity contribution in [1.29, 1.82) is 0 Å². The Morgan fingerprint density at radius 3 is 2.56 bits per heavy atom. The Hall–Kier alpha value is -1.54. The van der Waals surface area contributed by atoms with Crippen molar-refractivity contribution in [1.82, 2.24) is 24.4 Å². The van der Waals surface area contributed by atoms with E-state index in [0.717, 1.165) is 55.9 Å². The molecule has 0 aliphatic carbocycles. The molecule has 0 radical (unpaired) electrons. The van der Waals surface area contributed by atoms with Gasteiger partial charge in [0.15, 0.2) is 5.82 Å². The molecule has 3 heterocycles. The zero-order valence-corrected chi connectivity index (χ0v) is 16.6. The molecule has 25 heavy (non-hydrogen) atoms. The molecule has 3 rings (SSSR count). The van der Waals surface area contributed by atoms with Gasteiger partial charge in [-0.3, -0.25) is 4.90 Å². The predicted molar refractivity (Wildman–Crippen MR) is 99.1 cm³/mol. The molecule has 0 spiro atoms. The second kappa shape index (κ2) is 7.37. The van der Waals surface area contributed by atoms with E-state index < -0.39 is 0 Å². The molecule has 1 saturated heterocycles. The lowest BCUT2D eigenvalue weighted by molar-refractivity contribution is 0.269. The molecule has 2 aromatic rings. The van der Waals surface area contributed by atoms with Crippen LogP contribution in [-0.4, -0.2) is 50.6 Å². The van der Waals surface area contributed by atoms with Gasteiger partial charge in [-0.15, -0.1) is 0 Å². The molecule has 0 atom stereocenters. The normalized spacial score (nSPS) is 17.3. The molecule has 0 N–H and O–H groups in total. The molecule has 1 aliphatic heterocycles. The summed E-state index contributed by atoms with van der Waals surface area (Å²) in [5, 5.41) is 5.19. The average Bonchev–Trinajstić information content (AvgIpc) is 3.14. The maximum absolute atomic E-state index is 5.40. The van der Waals surface area contributed by atoms with E-state index in [1.165, 1.54) is 11.5 Å². The second-order valence-electron chi connectivity index (χ2n) is 7.97. The van der Waals surface area contributed by atoms with E-state index in [9.17, 15) is 0 Å². The van der Waals surface area contributed by atoms with E-state index in [4.69, 9.17) is 4.52 Å². The van der Waals surface area contributed by atoms with Gasteiger partial charge in [0.2, 0.25) is 11.0 Å². The van der Waals surface area contributed by atoms with Crippen LogP contribution in [0.4, 0.5) is 5.13 Å². The number of hydrogen-bond acceptors (Lipinski definition) is 8. The van der Waals surface area contributed by atoms with Gasteiger partial charge in [0.05, 0.1) is 6.54 Å². The highest BCUT2D eigenvalue weighted by Gasteiger charge is 2.24. The van der Waals surface area contributed by atoms with Gasteiger partial charge in [-0.05, 0) is 6.42 Å². The molecule has 0 saturated carbocycles. The minimum absolute atomic E-state index is 0.104. The van der Waals surface area contributed by atoms with Crippen molar-refractivity contribution >= 4 is 16.7 Å². The first-order chi connectivity index (χ1) is 11.8. The predicted octanol–water partition coefficient (Wildman–Crippen LogP) is 3.05. The summed E-state index contributed by atoms with van der Waals surface area (Å²) in [6.07, 6.45) is 1.10. The third-order valence-electron chi connectivity index (χ3n) is 4.28. The molecular weight excluding hydrogens is 336 g/mol. The van der Waals surface area contributed by atoms with E-state index in [-0.39, 0.29) is 5.41 Å². The van der Waals surface area contributed by atoms with Gasteiger partial charge in [-0.1, -0.05) is 39.8 Å². The topological polar surface area (TPSA) is 71.2 Å². The molecule has 138 valence electrons. The van der Waals surface area contributed by atoms with Crippen molar-refractivity contribution in [3.05, 3.63) is 17.5 Å². The second-order valence-corrected chi connectivity index (χ2v) is 8.70. The SMILES string of the molecule is CC(C)c1nsc(N2CCCN(Cc3noc(C(C)(C)C)n3)CC2)n1. The lowest BCUT2D eigenvalue weighted by Crippen LogP contribution is -2.30. The van der Waals surface area contributed by atoms with Gasteiger partial charge in [-0.25, -0.2) is 4.98 Å². The van der Waals surface area contributed by atoms with E-state index in [0.29, 0.717) is 11.8 Å². The molecule has 1 fully saturated rings. The third-order valence-corrected chi connectivity index (χ3v) is 5.07. The minimum Gasteiger partial charge on any atom is -0.346 e. The maximum Gasteiger partial charge on any atom is 0.232 e. The minimum atomic E-state index is -0.104. The van der Waals surface area contributed by atoms with Crippen molar-refractivity contribution in [2.45, 2.75) is 58.9 Å². The summed E-state index contributed by atoms with van der Waals surface area (Å²) < 4.78 is 9.88. The monoisotopic (exact) mass is 364 g/mol. The van der Waals surface area contributed by atoms with Crippen molar-refractivity contribution in [2.24, 2.45) is 0 Å². The molecule has 0 bridgehead atoms. The van der Waals surface area contributed by atoms with Crippen LogP contribution in [-0.2, 0) is 12.0 Å². The van der Waals surface area contributed by atoms with Crippen LogP contribution in [0.25, 0.3) is 0 Å². The summed E-state index contributed by atoms with van der Waals surface area (Å²) >= 11 is 1.51. The van der Waals surface area contributed by atoms with E-state index >= 15 is 0 Å².